The summed E-state index contributed by atoms with van der Waals surface area (Å²) in [5.41, 5.74) is 1.32. The van der Waals surface area contributed by atoms with E-state index in [1.165, 1.54) is 16.8 Å². The second kappa shape index (κ2) is 7.12. The number of hydrogen-bond acceptors (Lipinski definition) is 4. The van der Waals surface area contributed by atoms with Crippen molar-refractivity contribution < 1.29 is 9.13 Å². The molecule has 1 aromatic heterocycles. The molecule has 0 radical (unpaired) electrons. The minimum Gasteiger partial charge on any atom is -0.383 e. The first kappa shape index (κ1) is 15.4. The van der Waals surface area contributed by atoms with Crippen LogP contribution >= 0.6 is 27.5 Å². The molecule has 0 saturated carbocycles. The summed E-state index contributed by atoms with van der Waals surface area (Å²) in [6, 6.07) is 2.57. The Labute approximate surface area is 129 Å². The summed E-state index contributed by atoms with van der Waals surface area (Å²) in [5, 5.41) is 11.5. The number of nitrogens with zero attached hydrogens (tertiary/aromatic N) is 3. The molecule has 0 unspecified atom stereocenters. The Balaban J connectivity index is 2.13. The van der Waals surface area contributed by atoms with Crippen LogP contribution in [-0.2, 0) is 11.3 Å². The maximum Gasteiger partial charge on any atom is 0.125 e. The summed E-state index contributed by atoms with van der Waals surface area (Å²) in [5.74, 6) is -0.410. The Morgan fingerprint density at radius 3 is 3.00 bits per heavy atom. The Morgan fingerprint density at radius 2 is 2.30 bits per heavy atom. The zero-order valence-corrected chi connectivity index (χ0v) is 13.1. The maximum absolute atomic E-state index is 13.2. The fourth-order valence-corrected chi connectivity index (χ4v) is 2.65. The molecule has 108 valence electrons. The van der Waals surface area contributed by atoms with Crippen LogP contribution in [0.15, 0.2) is 22.8 Å². The summed E-state index contributed by atoms with van der Waals surface area (Å²) in [7, 11) is 1.64. The molecule has 0 bridgehead atoms. The van der Waals surface area contributed by atoms with Crippen LogP contribution in [0.1, 0.15) is 5.69 Å². The second-order valence-corrected chi connectivity index (χ2v) is 5.30. The number of methoxy groups -OCH3 is 1. The van der Waals surface area contributed by atoms with Crippen molar-refractivity contribution in [2.24, 2.45) is 0 Å². The van der Waals surface area contributed by atoms with E-state index in [1.807, 2.05) is 0 Å². The van der Waals surface area contributed by atoms with Crippen molar-refractivity contribution in [2.45, 2.75) is 6.54 Å². The molecule has 0 amide bonds. The highest BCUT2D eigenvalue weighted by Crippen LogP contribution is 2.29. The van der Waals surface area contributed by atoms with Gasteiger partial charge in [0.05, 0.1) is 29.2 Å². The lowest BCUT2D eigenvalue weighted by Gasteiger charge is -2.06. The van der Waals surface area contributed by atoms with Gasteiger partial charge in [0.2, 0.25) is 0 Å². The molecule has 1 heterocycles. The lowest BCUT2D eigenvalue weighted by molar-refractivity contribution is 0.199. The van der Waals surface area contributed by atoms with Crippen LogP contribution in [-0.4, -0.2) is 35.3 Å². The molecule has 0 aliphatic heterocycles. The normalized spacial score (nSPS) is 11.0. The molecule has 20 heavy (non-hydrogen) atoms. The topological polar surface area (TPSA) is 52.0 Å². The van der Waals surface area contributed by atoms with Crippen molar-refractivity contribution in [1.82, 2.24) is 20.3 Å². The molecule has 2 aromatic rings. The van der Waals surface area contributed by atoms with Gasteiger partial charge in [-0.15, -0.1) is 5.10 Å². The summed E-state index contributed by atoms with van der Waals surface area (Å²) < 4.78 is 20.2. The highest BCUT2D eigenvalue weighted by molar-refractivity contribution is 9.10. The number of aromatic nitrogens is 3. The Kier molecular flexibility index (Phi) is 5.47. The van der Waals surface area contributed by atoms with Gasteiger partial charge in [-0.2, -0.15) is 0 Å². The van der Waals surface area contributed by atoms with E-state index in [0.29, 0.717) is 23.3 Å². The van der Waals surface area contributed by atoms with Crippen molar-refractivity contribution in [3.05, 3.63) is 39.3 Å². The summed E-state index contributed by atoms with van der Waals surface area (Å²) in [6.07, 6.45) is 1.74. The Hall–Kier alpha value is -1.02. The fourth-order valence-electron chi connectivity index (χ4n) is 1.63. The third kappa shape index (κ3) is 3.76. The second-order valence-electron chi connectivity index (χ2n) is 4.04. The molecule has 0 atom stereocenters. The average molecular weight is 364 g/mol. The minimum absolute atomic E-state index is 0.265. The zero-order chi connectivity index (χ0) is 14.5. The van der Waals surface area contributed by atoms with E-state index in [9.17, 15) is 4.39 Å². The molecular weight excluding hydrogens is 351 g/mol. The van der Waals surface area contributed by atoms with Gasteiger partial charge in [0.15, 0.2) is 0 Å². The van der Waals surface area contributed by atoms with Gasteiger partial charge in [-0.3, -0.25) is 0 Å². The van der Waals surface area contributed by atoms with E-state index >= 15 is 0 Å². The van der Waals surface area contributed by atoms with Crippen LogP contribution in [0.25, 0.3) is 5.69 Å². The molecule has 1 N–H and O–H groups in total. The van der Waals surface area contributed by atoms with E-state index in [0.717, 1.165) is 12.2 Å². The van der Waals surface area contributed by atoms with Crippen LogP contribution < -0.4 is 5.32 Å². The molecule has 1 aromatic carbocycles. The number of benzene rings is 1. The standard InChI is InChI=1S/C12H13BrClFN4O/c1-20-3-2-16-6-9-7-19(18-17-9)12-10(13)4-8(15)5-11(12)14/h4-5,7,16H,2-3,6H2,1H3. The van der Waals surface area contributed by atoms with Crippen LogP contribution in [0.4, 0.5) is 4.39 Å². The summed E-state index contributed by atoms with van der Waals surface area (Å²) in [4.78, 5) is 0. The lowest BCUT2D eigenvalue weighted by Crippen LogP contribution is -2.18. The number of hydrogen-bond donors (Lipinski definition) is 1. The predicted molar refractivity (Wildman–Crippen MR) is 77.6 cm³/mol. The predicted octanol–water partition coefficient (Wildman–Crippen LogP) is 2.56. The first-order valence-corrected chi connectivity index (χ1v) is 7.04. The number of halogens is 3. The maximum atomic E-state index is 13.2. The van der Waals surface area contributed by atoms with Gasteiger partial charge in [-0.05, 0) is 28.1 Å². The number of nitrogens with one attached hydrogen (secondary N) is 1. The van der Waals surface area contributed by atoms with Crippen molar-refractivity contribution in [1.29, 1.82) is 0 Å². The minimum atomic E-state index is -0.410. The first-order valence-electron chi connectivity index (χ1n) is 5.87. The van der Waals surface area contributed by atoms with Crippen LogP contribution in [0.2, 0.25) is 5.02 Å². The first-order chi connectivity index (χ1) is 9.61. The molecule has 0 aliphatic rings. The van der Waals surface area contributed by atoms with Crippen molar-refractivity contribution in [3.8, 4) is 5.69 Å². The molecule has 2 rings (SSSR count). The van der Waals surface area contributed by atoms with E-state index in [1.54, 1.807) is 13.3 Å². The molecule has 0 fully saturated rings. The van der Waals surface area contributed by atoms with Crippen molar-refractivity contribution in [3.63, 3.8) is 0 Å². The fraction of sp³-hybridized carbons (Fsp3) is 0.333. The van der Waals surface area contributed by atoms with E-state index in [2.05, 4.69) is 31.6 Å². The lowest BCUT2D eigenvalue weighted by atomic mass is 10.3. The highest BCUT2D eigenvalue weighted by atomic mass is 79.9. The average Bonchev–Trinajstić information content (AvgIpc) is 2.82. The van der Waals surface area contributed by atoms with E-state index < -0.39 is 5.82 Å². The van der Waals surface area contributed by atoms with Gasteiger partial charge < -0.3 is 10.1 Å². The molecule has 5 nitrogen and oxygen atoms in total. The largest absolute Gasteiger partial charge is 0.383 e. The third-order valence-corrected chi connectivity index (χ3v) is 3.43. The Bertz CT molecular complexity index is 570. The molecule has 0 spiro atoms. The van der Waals surface area contributed by atoms with E-state index in [-0.39, 0.29) is 5.02 Å². The van der Waals surface area contributed by atoms with Crippen LogP contribution in [0.3, 0.4) is 0 Å². The van der Waals surface area contributed by atoms with Gasteiger partial charge in [0.1, 0.15) is 5.82 Å². The van der Waals surface area contributed by atoms with Crippen molar-refractivity contribution in [2.75, 3.05) is 20.3 Å². The third-order valence-electron chi connectivity index (χ3n) is 2.54. The van der Waals surface area contributed by atoms with Crippen LogP contribution in [0, 0.1) is 5.82 Å². The van der Waals surface area contributed by atoms with Gasteiger partial charge >= 0.3 is 0 Å². The highest BCUT2D eigenvalue weighted by Gasteiger charge is 2.12. The summed E-state index contributed by atoms with van der Waals surface area (Å²) in [6.45, 7) is 1.92. The van der Waals surface area contributed by atoms with Gasteiger partial charge in [0, 0.05) is 24.7 Å². The smallest absolute Gasteiger partial charge is 0.125 e. The van der Waals surface area contributed by atoms with Gasteiger partial charge in [-0.1, -0.05) is 16.8 Å². The van der Waals surface area contributed by atoms with Gasteiger partial charge in [0.25, 0.3) is 0 Å². The van der Waals surface area contributed by atoms with Crippen LogP contribution in [0.5, 0.6) is 0 Å². The quantitative estimate of drug-likeness (QED) is 0.802. The number of ether oxygens (including phenoxy) is 1. The Morgan fingerprint density at radius 1 is 1.50 bits per heavy atom. The SMILES string of the molecule is COCCNCc1cn(-c2c(Cl)cc(F)cc2Br)nn1. The molecule has 8 heteroatoms. The number of rotatable bonds is 6. The van der Waals surface area contributed by atoms with Crippen molar-refractivity contribution >= 4 is 27.5 Å². The monoisotopic (exact) mass is 362 g/mol. The van der Waals surface area contributed by atoms with E-state index in [4.69, 9.17) is 16.3 Å². The van der Waals surface area contributed by atoms with Gasteiger partial charge in [-0.25, -0.2) is 9.07 Å². The molecular formula is C12H13BrClFN4O. The summed E-state index contributed by atoms with van der Waals surface area (Å²) >= 11 is 9.31. The zero-order valence-electron chi connectivity index (χ0n) is 10.7. The molecule has 0 aliphatic carbocycles. The molecule has 0 saturated heterocycles.